The minimum atomic E-state index is -0.691. The first-order chi connectivity index (χ1) is 58.4. The van der Waals surface area contributed by atoms with Crippen LogP contribution in [-0.2, 0) is 343 Å². The van der Waals surface area contributed by atoms with Crippen molar-refractivity contribution < 1.29 is 26.9 Å². The highest BCUT2D eigenvalue weighted by Gasteiger charge is 2.53. The van der Waals surface area contributed by atoms with E-state index in [1.807, 2.05) is 155 Å². The van der Waals surface area contributed by atoms with E-state index in [0.29, 0.717) is 43.9 Å². The molecule has 0 N–H and O–H groups in total. The Morgan fingerprint density at radius 1 is 0.317 bits per heavy atom. The van der Waals surface area contributed by atoms with Gasteiger partial charge in [0.05, 0.1) is 64.4 Å². The number of nitrogens with zero attached hydrogens (tertiary/aromatic N) is 8. The smallest absolute Gasteiger partial charge is 0.397 e. The van der Waals surface area contributed by atoms with Gasteiger partial charge in [-0.3, -0.25) is 13.7 Å². The highest BCUT2D eigenvalue weighted by molar-refractivity contribution is 9.10. The van der Waals surface area contributed by atoms with Gasteiger partial charge < -0.3 is 9.31 Å². The number of rotatable bonds is 8. The summed E-state index contributed by atoms with van der Waals surface area (Å²) in [5, 5.41) is 0. The molecule has 0 saturated carbocycles. The number of para-hydroxylation sites is 9. The third-order valence-electron chi connectivity index (χ3n) is 15.7. The summed E-state index contributed by atoms with van der Waals surface area (Å²) in [4.78, 5) is 22.0. The van der Waals surface area contributed by atoms with Crippen molar-refractivity contribution in [2.75, 3.05) is 0 Å². The first-order valence-corrected chi connectivity index (χ1v) is 77.9. The molecule has 6 heterocycles. The predicted molar refractivity (Wildman–Crippen MR) is 597 cm³/mol. The quantitative estimate of drug-likeness (QED) is 0.0821. The van der Waals surface area contributed by atoms with Crippen LogP contribution in [-0.4, -0.2) is 56.9 Å². The van der Waals surface area contributed by atoms with Gasteiger partial charge in [-0.25, -0.2) is 33.7 Å². The van der Waals surface area contributed by atoms with Gasteiger partial charge in [0.1, 0.15) is 29.0 Å². The Labute approximate surface area is 821 Å². The number of pyridine rings is 2. The van der Waals surface area contributed by atoms with Crippen LogP contribution in [0.4, 0.5) is 17.6 Å². The fraction of sp³-hybridized carbons (Fsp3) is 0.0896. The van der Waals surface area contributed by atoms with E-state index >= 15 is 8.78 Å². The van der Waals surface area contributed by atoms with E-state index in [2.05, 4.69) is 137 Å². The number of aromatic nitrogens is 8. The lowest BCUT2D eigenvalue weighted by molar-refractivity contribution is 0.00578. The van der Waals surface area contributed by atoms with Crippen LogP contribution in [0.15, 0.2) is 234 Å². The monoisotopic (exact) mass is 2390 g/mol. The van der Waals surface area contributed by atoms with Crippen molar-refractivity contribution in [3.63, 3.8) is 0 Å². The topological polar surface area (TPSA) is 97.7 Å². The maximum atomic E-state index is 16.6. The second-order valence-electron chi connectivity index (χ2n) is 22.8. The number of fused-ring (bicyclic) bond motifs is 3. The van der Waals surface area contributed by atoms with Crippen LogP contribution in [0.25, 0.3) is 95.2 Å². The molecule has 0 spiro atoms. The normalized spacial score (nSPS) is 11.5. The van der Waals surface area contributed by atoms with Crippen molar-refractivity contribution in [3.05, 3.63) is 257 Å². The van der Waals surface area contributed by atoms with Crippen molar-refractivity contribution in [2.24, 2.45) is 0 Å². The summed E-state index contributed by atoms with van der Waals surface area (Å²) < 4.78 is 77.8. The molecule has 8 aromatic carbocycles. The summed E-state index contributed by atoms with van der Waals surface area (Å²) in [6.45, 7) is 8.23. The molecule has 1 aliphatic rings. The summed E-state index contributed by atoms with van der Waals surface area (Å²) in [5.41, 5.74) is 9.98. The molecule has 1 fully saturated rings. The highest BCUT2D eigenvalue weighted by atomic mass is 79.9. The number of hydrogen-bond acceptors (Lipinski definition) is 13. The molecule has 0 radical (unpaired) electrons. The summed E-state index contributed by atoms with van der Waals surface area (Å²) in [6.07, 6.45) is 2.65. The molecule has 120 heavy (non-hydrogen) atoms. The zero-order valence-electron chi connectivity index (χ0n) is 60.3. The number of benzene rings is 8. The lowest BCUT2D eigenvalue weighted by Gasteiger charge is -2.32. The van der Waals surface area contributed by atoms with E-state index in [4.69, 9.17) is 46.6 Å². The first-order valence-electron chi connectivity index (χ1n) is 32.3. The van der Waals surface area contributed by atoms with Crippen LogP contribution >= 0.6 is 31.9 Å². The fourth-order valence-electron chi connectivity index (χ4n) is 10.3. The molecule has 0 atom stereocenters. The van der Waals surface area contributed by atoms with Gasteiger partial charge >= 0.3 is 7.12 Å². The second-order valence-corrected chi connectivity index (χ2v) is 77.6. The minimum absolute atomic E-state index is 0.170. The van der Waals surface area contributed by atoms with Crippen LogP contribution in [0, 0.1) is 23.5 Å². The van der Waals surface area contributed by atoms with Gasteiger partial charge in [0, 0.05) is 385 Å². The molecule has 0 unspecified atom stereocenters. The van der Waals surface area contributed by atoms with Gasteiger partial charge in [-0.15, -0.1) is 0 Å². The first kappa shape index (κ1) is 103. The Morgan fingerprint density at radius 2 is 0.625 bits per heavy atom. The third kappa shape index (κ3) is 31.4. The number of hydrogen-bond donors (Lipinski definition) is 0. The Balaban J connectivity index is 0.000000182. The van der Waals surface area contributed by atoms with Gasteiger partial charge in [0.2, 0.25) is 11.9 Å². The molecule has 53 heteroatoms. The fourth-order valence-corrected chi connectivity index (χ4v) is 76.9. The lowest BCUT2D eigenvalue weighted by Crippen LogP contribution is -2.41. The zero-order chi connectivity index (χ0) is 85.5. The SMILES string of the molecule is CC1(C)OB(c2nc3ccccc3n2-c2ccccc2)OC1(C)C.Fc1ncc(-c2cccc(-c3nc4ccccc4n3-c3ccccc3)c2F)cc1-c1nc2ccccc2n1-c1ccccc1.Fc1ncc(-c2cccc(Br)c2F)cc1Br.S=S=S=S=S=S=S=S=S=S=S.S=S=S=S=S=S=S=S=S=S=S=S.S=S=S=S=S=S=S=S=S=S=S=S=S. The molecule has 1 aliphatic heterocycles. The Hall–Kier alpha value is -0.945. The Bertz CT molecular complexity index is 7310. The van der Waals surface area contributed by atoms with Crippen molar-refractivity contribution in [1.82, 2.24) is 38.6 Å². The molecule has 1 saturated heterocycles. The second kappa shape index (κ2) is 56.6. The molecule has 630 valence electrons. The number of halogens is 6. The zero-order valence-corrected chi connectivity index (χ0v) is 92.9. The summed E-state index contributed by atoms with van der Waals surface area (Å²) in [5.74, 6) is -1.31. The molecule has 14 rings (SSSR count). The maximum absolute atomic E-state index is 16.6. The standard InChI is InChI=1S/C37H23F2N5.C19H21BN2O2.C11H5Br2F2N.S13.S12.S11/c38-34-27(16-11-17-28(34)36-41-30-18-7-9-20-32(30)43(36)25-12-3-1-4-13-25)24-22-29(35(39)40-23-24)37-42-31-19-8-10-21-33(31)44(37)26-14-5-2-6-15-26;1-18(2)19(3,4)24-20(23-18)17-21-15-12-8-9-13-16(15)22(17)14-10-6-5-7-11-14;12-8-3-1-2-7(10(8)14)6-4-9(13)11(15)16-5-6;1-3-5-7-9-11-13-12-10-8-6-4-2;1-3-5-7-9-11-12-10-8-6-4-2;1-3-5-7-9-11-10-8-6-4-2/h1-23H;5-13H,1-4H3;1-5H;;;. The van der Waals surface area contributed by atoms with Crippen LogP contribution in [0.1, 0.15) is 27.7 Å². The van der Waals surface area contributed by atoms with Gasteiger partial charge in [-0.1, -0.05) is 115 Å². The molecule has 0 bridgehead atoms. The average Bonchev–Trinajstić information content (AvgIpc) is 1.60. The average molecular weight is 2400 g/mol. The largest absolute Gasteiger partial charge is 0.533 e. The highest BCUT2D eigenvalue weighted by Crippen LogP contribution is 2.39. The van der Waals surface area contributed by atoms with Crippen LogP contribution in [0.2, 0.25) is 0 Å². The Kier molecular flexibility index (Phi) is 48.5. The van der Waals surface area contributed by atoms with Crippen LogP contribution in [0.3, 0.4) is 0 Å². The van der Waals surface area contributed by atoms with Crippen molar-refractivity contribution in [1.29, 1.82) is 0 Å². The van der Waals surface area contributed by atoms with Gasteiger partial charge in [0.15, 0.2) is 0 Å². The summed E-state index contributed by atoms with van der Waals surface area (Å²) >= 11 is 34.2. The number of imidazole rings is 3. The van der Waals surface area contributed by atoms with E-state index in [9.17, 15) is 8.78 Å². The molecule has 0 aliphatic carbocycles. The van der Waals surface area contributed by atoms with Crippen LogP contribution in [0.5, 0.6) is 0 Å². The maximum Gasteiger partial charge on any atom is 0.533 e. The molecule has 10 nitrogen and oxygen atoms in total. The van der Waals surface area contributed by atoms with E-state index in [1.54, 1.807) is 256 Å². The van der Waals surface area contributed by atoms with E-state index in [0.717, 1.165) is 50.4 Å². The van der Waals surface area contributed by atoms with Gasteiger partial charge in [0.25, 0.3) is 0 Å². The third-order valence-corrected chi connectivity index (χ3v) is 76.8. The van der Waals surface area contributed by atoms with E-state index in [-0.39, 0.29) is 21.4 Å². The minimum Gasteiger partial charge on any atom is -0.397 e. The van der Waals surface area contributed by atoms with Crippen molar-refractivity contribution in [3.8, 4) is 62.1 Å². The molecule has 13 aromatic rings. The van der Waals surface area contributed by atoms with Crippen LogP contribution < -0.4 is 5.72 Å². The van der Waals surface area contributed by atoms with E-state index < -0.39 is 36.0 Å². The van der Waals surface area contributed by atoms with Crippen molar-refractivity contribution >= 4 is 411 Å². The molecule has 0 amide bonds. The van der Waals surface area contributed by atoms with Gasteiger partial charge in [-0.05, 0) is 157 Å². The molecular formula is C67H49BBr2F4N8O2S36. The summed E-state index contributed by atoms with van der Waals surface area (Å²) in [7, 11) is 48.4. The lowest BCUT2D eigenvalue weighted by atomic mass is 9.88. The van der Waals surface area contributed by atoms with Crippen molar-refractivity contribution in [2.45, 2.75) is 38.9 Å². The molecular weight excluding hydrogens is 2350 g/mol. The summed E-state index contributed by atoms with van der Waals surface area (Å²) in [6, 6.07) is 66.3. The van der Waals surface area contributed by atoms with Gasteiger partial charge in [-0.2, -0.15) is 8.78 Å². The Morgan fingerprint density at radius 3 is 1.02 bits per heavy atom. The predicted octanol–water partition coefficient (Wildman–Crippen LogP) is 16.8. The van der Waals surface area contributed by atoms with E-state index in [1.165, 1.54) is 71.7 Å². The molecule has 5 aromatic heterocycles.